The summed E-state index contributed by atoms with van der Waals surface area (Å²) in [7, 11) is 0. The molecule has 2 N–H and O–H groups in total. The highest BCUT2D eigenvalue weighted by Crippen LogP contribution is 2.45. The Morgan fingerprint density at radius 1 is 1.71 bits per heavy atom. The lowest BCUT2D eigenvalue weighted by atomic mass is 10.1. The van der Waals surface area contributed by atoms with Crippen LogP contribution in [-0.4, -0.2) is 21.1 Å². The molecule has 1 aliphatic carbocycles. The highest BCUT2D eigenvalue weighted by Gasteiger charge is 2.45. The molecule has 0 saturated heterocycles. The maximum Gasteiger partial charge on any atom is 0.226 e. The average Bonchev–Trinajstić information content (AvgIpc) is 2.71. The molecule has 1 aliphatic rings. The molecular formula is C9H14N4O. The summed E-state index contributed by atoms with van der Waals surface area (Å²) in [5.41, 5.74) is -0.131. The molecule has 1 aromatic heterocycles. The smallest absolute Gasteiger partial charge is 0.226 e. The number of nitrogens with zero attached hydrogens (tertiary/aromatic N) is 2. The maximum atomic E-state index is 11.7. The summed E-state index contributed by atoms with van der Waals surface area (Å²) in [6.45, 7) is 3.87. The zero-order valence-corrected chi connectivity index (χ0v) is 8.37. The lowest BCUT2D eigenvalue weighted by molar-refractivity contribution is -0.126. The molecule has 1 heterocycles. The molecule has 0 aliphatic heterocycles. The van der Waals surface area contributed by atoms with Crippen molar-refractivity contribution in [3.63, 3.8) is 0 Å². The summed E-state index contributed by atoms with van der Waals surface area (Å²) in [6, 6.07) is -0.0950. The largest absolute Gasteiger partial charge is 0.346 e. The summed E-state index contributed by atoms with van der Waals surface area (Å²) in [4.78, 5) is 15.6. The van der Waals surface area contributed by atoms with Gasteiger partial charge in [0.25, 0.3) is 0 Å². The van der Waals surface area contributed by atoms with Crippen molar-refractivity contribution in [2.75, 3.05) is 0 Å². The van der Waals surface area contributed by atoms with Crippen LogP contribution in [0.25, 0.3) is 0 Å². The van der Waals surface area contributed by atoms with Crippen LogP contribution < -0.4 is 5.32 Å². The maximum absolute atomic E-state index is 11.7. The number of hydrogen-bond donors (Lipinski definition) is 2. The summed E-state index contributed by atoms with van der Waals surface area (Å²) in [6.07, 6.45) is 3.42. The van der Waals surface area contributed by atoms with Crippen molar-refractivity contribution in [2.24, 2.45) is 5.41 Å². The fourth-order valence-corrected chi connectivity index (χ4v) is 1.28. The Kier molecular flexibility index (Phi) is 2.02. The highest BCUT2D eigenvalue weighted by molar-refractivity contribution is 5.84. The highest BCUT2D eigenvalue weighted by atomic mass is 16.2. The first-order valence-corrected chi connectivity index (χ1v) is 4.78. The third kappa shape index (κ3) is 1.62. The first kappa shape index (κ1) is 9.18. The van der Waals surface area contributed by atoms with E-state index in [0.29, 0.717) is 5.82 Å². The summed E-state index contributed by atoms with van der Waals surface area (Å²) in [5.74, 6) is 0.809. The monoisotopic (exact) mass is 194 g/mol. The van der Waals surface area contributed by atoms with Crippen LogP contribution in [0.3, 0.4) is 0 Å². The molecule has 1 atom stereocenters. The third-order valence-corrected chi connectivity index (χ3v) is 2.74. The molecule has 1 aromatic rings. The molecule has 1 fully saturated rings. The molecule has 0 radical (unpaired) electrons. The van der Waals surface area contributed by atoms with E-state index in [4.69, 9.17) is 0 Å². The average molecular weight is 194 g/mol. The van der Waals surface area contributed by atoms with Crippen LogP contribution >= 0.6 is 0 Å². The van der Waals surface area contributed by atoms with Crippen molar-refractivity contribution < 1.29 is 4.79 Å². The molecule has 0 bridgehead atoms. The zero-order valence-electron chi connectivity index (χ0n) is 8.37. The van der Waals surface area contributed by atoms with Crippen molar-refractivity contribution >= 4 is 5.91 Å². The SMILES string of the molecule is CC(NC(=O)C1(C)CC1)c1ncn[nH]1. The van der Waals surface area contributed by atoms with E-state index < -0.39 is 0 Å². The van der Waals surface area contributed by atoms with Crippen LogP contribution in [0, 0.1) is 5.41 Å². The second-order valence-corrected chi connectivity index (χ2v) is 4.13. The van der Waals surface area contributed by atoms with E-state index in [0.717, 1.165) is 12.8 Å². The predicted octanol–water partition coefficient (Wildman–Crippen LogP) is 0.782. The molecule has 5 heteroatoms. The number of hydrogen-bond acceptors (Lipinski definition) is 3. The van der Waals surface area contributed by atoms with Gasteiger partial charge in [-0.15, -0.1) is 0 Å². The topological polar surface area (TPSA) is 70.7 Å². The van der Waals surface area contributed by atoms with Crippen LogP contribution in [0.1, 0.15) is 38.6 Å². The molecule has 0 spiro atoms. The van der Waals surface area contributed by atoms with Gasteiger partial charge in [-0.25, -0.2) is 4.98 Å². The second kappa shape index (κ2) is 3.08. The van der Waals surface area contributed by atoms with Gasteiger partial charge in [0.15, 0.2) is 0 Å². The van der Waals surface area contributed by atoms with E-state index in [9.17, 15) is 4.79 Å². The fraction of sp³-hybridized carbons (Fsp3) is 0.667. The number of carbonyl (C=O) groups is 1. The van der Waals surface area contributed by atoms with E-state index in [-0.39, 0.29) is 17.4 Å². The molecule has 1 saturated carbocycles. The fourth-order valence-electron chi connectivity index (χ4n) is 1.28. The quantitative estimate of drug-likeness (QED) is 0.747. The molecule has 2 rings (SSSR count). The number of aromatic amines is 1. The minimum atomic E-state index is -0.131. The van der Waals surface area contributed by atoms with E-state index in [1.165, 1.54) is 6.33 Å². The Bertz CT molecular complexity index is 329. The van der Waals surface area contributed by atoms with Gasteiger partial charge in [-0.05, 0) is 19.8 Å². The number of amides is 1. The van der Waals surface area contributed by atoms with E-state index >= 15 is 0 Å². The van der Waals surface area contributed by atoms with Gasteiger partial charge in [-0.3, -0.25) is 9.89 Å². The van der Waals surface area contributed by atoms with Gasteiger partial charge in [-0.1, -0.05) is 6.92 Å². The molecule has 14 heavy (non-hydrogen) atoms. The molecule has 76 valence electrons. The van der Waals surface area contributed by atoms with Crippen molar-refractivity contribution in [1.82, 2.24) is 20.5 Å². The van der Waals surface area contributed by atoms with Crippen molar-refractivity contribution in [3.05, 3.63) is 12.2 Å². The predicted molar refractivity (Wildman–Crippen MR) is 50.3 cm³/mol. The first-order chi connectivity index (χ1) is 6.62. The Labute approximate surface area is 82.3 Å². The van der Waals surface area contributed by atoms with Gasteiger partial charge in [-0.2, -0.15) is 5.10 Å². The van der Waals surface area contributed by atoms with Crippen LogP contribution in [-0.2, 0) is 4.79 Å². The molecule has 1 unspecified atom stereocenters. The second-order valence-electron chi connectivity index (χ2n) is 4.13. The zero-order chi connectivity index (χ0) is 10.2. The first-order valence-electron chi connectivity index (χ1n) is 4.78. The van der Waals surface area contributed by atoms with Gasteiger partial charge in [0.05, 0.1) is 6.04 Å². The lowest BCUT2D eigenvalue weighted by Gasteiger charge is -2.14. The van der Waals surface area contributed by atoms with Gasteiger partial charge in [0, 0.05) is 5.41 Å². The van der Waals surface area contributed by atoms with Crippen molar-refractivity contribution in [1.29, 1.82) is 0 Å². The van der Waals surface area contributed by atoms with Crippen LogP contribution in [0.15, 0.2) is 6.33 Å². The van der Waals surface area contributed by atoms with Crippen molar-refractivity contribution in [2.45, 2.75) is 32.7 Å². The standard InChI is InChI=1S/C9H14N4O/c1-6(7-10-5-11-13-7)12-8(14)9(2)3-4-9/h5-6H,3-4H2,1-2H3,(H,12,14)(H,10,11,13). The Balaban J connectivity index is 1.95. The van der Waals surface area contributed by atoms with E-state index in [1.807, 2.05) is 13.8 Å². The summed E-state index contributed by atoms with van der Waals surface area (Å²) >= 11 is 0. The van der Waals surface area contributed by atoms with Gasteiger partial charge in [0.2, 0.25) is 5.91 Å². The minimum absolute atomic E-state index is 0.0950. The van der Waals surface area contributed by atoms with Gasteiger partial charge in [0.1, 0.15) is 12.2 Å². The normalized spacial score (nSPS) is 20.1. The Morgan fingerprint density at radius 2 is 2.43 bits per heavy atom. The lowest BCUT2D eigenvalue weighted by Crippen LogP contribution is -2.33. The Morgan fingerprint density at radius 3 is 2.93 bits per heavy atom. The molecule has 1 amide bonds. The van der Waals surface area contributed by atoms with Gasteiger partial charge < -0.3 is 5.32 Å². The summed E-state index contributed by atoms with van der Waals surface area (Å²) < 4.78 is 0. The number of H-pyrrole nitrogens is 1. The number of carbonyl (C=O) groups excluding carboxylic acids is 1. The third-order valence-electron chi connectivity index (χ3n) is 2.74. The minimum Gasteiger partial charge on any atom is -0.346 e. The molecule has 0 aromatic carbocycles. The van der Waals surface area contributed by atoms with E-state index in [1.54, 1.807) is 0 Å². The van der Waals surface area contributed by atoms with Crippen LogP contribution in [0.2, 0.25) is 0 Å². The van der Waals surface area contributed by atoms with Gasteiger partial charge >= 0.3 is 0 Å². The van der Waals surface area contributed by atoms with Crippen LogP contribution in [0.4, 0.5) is 0 Å². The van der Waals surface area contributed by atoms with Crippen molar-refractivity contribution in [3.8, 4) is 0 Å². The molecular weight excluding hydrogens is 180 g/mol. The number of rotatable bonds is 3. The number of aromatic nitrogens is 3. The molecule has 5 nitrogen and oxygen atoms in total. The van der Waals surface area contributed by atoms with Crippen LogP contribution in [0.5, 0.6) is 0 Å². The summed E-state index contributed by atoms with van der Waals surface area (Å²) in [5, 5.41) is 9.39. The van der Waals surface area contributed by atoms with E-state index in [2.05, 4.69) is 20.5 Å². The Hall–Kier alpha value is -1.39. The number of nitrogens with one attached hydrogen (secondary N) is 2.